The summed E-state index contributed by atoms with van der Waals surface area (Å²) in [6.45, 7) is 3.31. The second-order valence-corrected chi connectivity index (χ2v) is 5.39. The molecule has 0 amide bonds. The van der Waals surface area contributed by atoms with Crippen LogP contribution in [0.15, 0.2) is 5.38 Å². The van der Waals surface area contributed by atoms with E-state index in [1.54, 1.807) is 11.3 Å². The second-order valence-electron chi connectivity index (χ2n) is 4.55. The highest BCUT2D eigenvalue weighted by Gasteiger charge is 2.20. The Labute approximate surface area is 105 Å². The summed E-state index contributed by atoms with van der Waals surface area (Å²) in [6.07, 6.45) is 4.46. The first-order chi connectivity index (χ1) is 8.16. The summed E-state index contributed by atoms with van der Waals surface area (Å²) >= 11 is 1.63. The van der Waals surface area contributed by atoms with Crippen molar-refractivity contribution in [3.05, 3.63) is 11.1 Å². The Morgan fingerprint density at radius 3 is 3.18 bits per heavy atom. The minimum atomic E-state index is -0.758. The van der Waals surface area contributed by atoms with Crippen molar-refractivity contribution >= 4 is 22.4 Å². The van der Waals surface area contributed by atoms with Crippen LogP contribution in [0.25, 0.3) is 0 Å². The van der Waals surface area contributed by atoms with Crippen LogP contribution in [0.4, 0.5) is 5.13 Å². The molecule has 17 heavy (non-hydrogen) atoms. The largest absolute Gasteiger partial charge is 0.481 e. The number of piperidine rings is 1. The topological polar surface area (TPSA) is 53.4 Å². The van der Waals surface area contributed by atoms with Gasteiger partial charge in [-0.1, -0.05) is 0 Å². The third-order valence-electron chi connectivity index (χ3n) is 3.18. The van der Waals surface area contributed by atoms with Crippen molar-refractivity contribution in [3.63, 3.8) is 0 Å². The van der Waals surface area contributed by atoms with E-state index in [0.717, 1.165) is 17.4 Å². The van der Waals surface area contributed by atoms with Crippen LogP contribution >= 0.6 is 11.3 Å². The summed E-state index contributed by atoms with van der Waals surface area (Å²) in [5.74, 6) is -0.758. The molecule has 4 nitrogen and oxygen atoms in total. The number of hydrogen-bond donors (Lipinski definition) is 1. The van der Waals surface area contributed by atoms with Gasteiger partial charge in [-0.05, 0) is 26.2 Å². The molecule has 1 saturated heterocycles. The molecule has 0 aromatic carbocycles. The lowest BCUT2D eigenvalue weighted by molar-refractivity contribution is -0.136. The van der Waals surface area contributed by atoms with Gasteiger partial charge in [0.2, 0.25) is 0 Å². The highest BCUT2D eigenvalue weighted by atomic mass is 32.1. The molecule has 1 aromatic heterocycles. The van der Waals surface area contributed by atoms with Crippen LogP contribution < -0.4 is 4.90 Å². The van der Waals surface area contributed by atoms with Crippen LogP contribution in [-0.2, 0) is 11.2 Å². The molecule has 0 spiro atoms. The Balaban J connectivity index is 1.99. The van der Waals surface area contributed by atoms with Crippen molar-refractivity contribution in [1.29, 1.82) is 0 Å². The fraction of sp³-hybridized carbons (Fsp3) is 0.667. The first kappa shape index (κ1) is 12.4. The Bertz CT molecular complexity index is 392. The molecule has 0 radical (unpaired) electrons. The van der Waals surface area contributed by atoms with E-state index in [1.165, 1.54) is 19.3 Å². The fourth-order valence-electron chi connectivity index (χ4n) is 2.16. The number of rotatable bonds is 4. The van der Waals surface area contributed by atoms with Gasteiger partial charge in [0.05, 0.1) is 12.1 Å². The average molecular weight is 254 g/mol. The van der Waals surface area contributed by atoms with E-state index in [-0.39, 0.29) is 6.42 Å². The van der Waals surface area contributed by atoms with Crippen LogP contribution in [0, 0.1) is 0 Å². The number of aliphatic carboxylic acids is 1. The van der Waals surface area contributed by atoms with Gasteiger partial charge < -0.3 is 10.0 Å². The fourth-order valence-corrected chi connectivity index (χ4v) is 3.15. The molecule has 5 heteroatoms. The van der Waals surface area contributed by atoms with Crippen LogP contribution in [-0.4, -0.2) is 28.6 Å². The van der Waals surface area contributed by atoms with Gasteiger partial charge in [-0.3, -0.25) is 4.79 Å². The maximum absolute atomic E-state index is 10.5. The predicted molar refractivity (Wildman–Crippen MR) is 68.7 cm³/mol. The van der Waals surface area contributed by atoms with E-state index in [1.807, 2.05) is 5.38 Å². The summed E-state index contributed by atoms with van der Waals surface area (Å²) in [6, 6.07) is 0.558. The molecule has 2 heterocycles. The highest BCUT2D eigenvalue weighted by Crippen LogP contribution is 2.27. The first-order valence-corrected chi connectivity index (χ1v) is 6.97. The minimum absolute atomic E-state index is 0.165. The lowest BCUT2D eigenvalue weighted by Crippen LogP contribution is -2.37. The summed E-state index contributed by atoms with van der Waals surface area (Å²) < 4.78 is 0. The molecule has 1 unspecified atom stereocenters. The number of hydrogen-bond acceptors (Lipinski definition) is 4. The third kappa shape index (κ3) is 3.19. The molecule has 0 bridgehead atoms. The molecule has 94 valence electrons. The van der Waals surface area contributed by atoms with Crippen LogP contribution in [0.2, 0.25) is 0 Å². The van der Waals surface area contributed by atoms with Crippen molar-refractivity contribution in [2.75, 3.05) is 11.4 Å². The number of aryl methyl sites for hydroxylation is 1. The number of nitrogens with zero attached hydrogens (tertiary/aromatic N) is 2. The second kappa shape index (κ2) is 5.49. The van der Waals surface area contributed by atoms with E-state index >= 15 is 0 Å². The molecule has 1 aliphatic rings. The lowest BCUT2D eigenvalue weighted by atomic mass is 10.1. The van der Waals surface area contributed by atoms with E-state index in [0.29, 0.717) is 12.5 Å². The summed E-state index contributed by atoms with van der Waals surface area (Å²) in [4.78, 5) is 17.4. The Hall–Kier alpha value is -1.10. The molecule has 1 aliphatic heterocycles. The van der Waals surface area contributed by atoms with Crippen molar-refractivity contribution < 1.29 is 9.90 Å². The number of thiazole rings is 1. The average Bonchev–Trinajstić information content (AvgIpc) is 2.75. The van der Waals surface area contributed by atoms with E-state index < -0.39 is 5.97 Å². The number of carbonyl (C=O) groups is 1. The Morgan fingerprint density at radius 2 is 2.47 bits per heavy atom. The van der Waals surface area contributed by atoms with Gasteiger partial charge in [0.1, 0.15) is 0 Å². The highest BCUT2D eigenvalue weighted by molar-refractivity contribution is 7.13. The Morgan fingerprint density at radius 1 is 1.65 bits per heavy atom. The summed E-state index contributed by atoms with van der Waals surface area (Å²) in [5, 5.41) is 11.7. The van der Waals surface area contributed by atoms with Crippen molar-refractivity contribution in [2.45, 2.75) is 45.1 Å². The molecule has 0 aliphatic carbocycles. The molecule has 1 aromatic rings. The van der Waals surface area contributed by atoms with Crippen LogP contribution in [0.1, 0.15) is 38.3 Å². The van der Waals surface area contributed by atoms with E-state index in [2.05, 4.69) is 16.8 Å². The van der Waals surface area contributed by atoms with E-state index in [4.69, 9.17) is 5.11 Å². The SMILES string of the molecule is CC1CCCCN1c1nc(CCC(=O)O)cs1. The third-order valence-corrected chi connectivity index (χ3v) is 4.11. The quantitative estimate of drug-likeness (QED) is 0.897. The van der Waals surface area contributed by atoms with Crippen LogP contribution in [0.5, 0.6) is 0 Å². The monoisotopic (exact) mass is 254 g/mol. The van der Waals surface area contributed by atoms with Gasteiger partial charge in [-0.15, -0.1) is 11.3 Å². The molecular weight excluding hydrogens is 236 g/mol. The smallest absolute Gasteiger partial charge is 0.303 e. The lowest BCUT2D eigenvalue weighted by Gasteiger charge is -2.33. The zero-order valence-electron chi connectivity index (χ0n) is 10.1. The van der Waals surface area contributed by atoms with Crippen LogP contribution in [0.3, 0.4) is 0 Å². The summed E-state index contributed by atoms with van der Waals surface area (Å²) in [5.41, 5.74) is 0.908. The first-order valence-electron chi connectivity index (χ1n) is 6.09. The number of carboxylic acid groups (broad SMARTS) is 1. The van der Waals surface area contributed by atoms with Crippen molar-refractivity contribution in [2.24, 2.45) is 0 Å². The maximum Gasteiger partial charge on any atom is 0.303 e. The number of aromatic nitrogens is 1. The van der Waals surface area contributed by atoms with Crippen molar-refractivity contribution in [1.82, 2.24) is 4.98 Å². The minimum Gasteiger partial charge on any atom is -0.481 e. The molecule has 1 fully saturated rings. The molecule has 2 rings (SSSR count). The zero-order valence-corrected chi connectivity index (χ0v) is 10.9. The van der Waals surface area contributed by atoms with Gasteiger partial charge in [-0.25, -0.2) is 4.98 Å². The van der Waals surface area contributed by atoms with Gasteiger partial charge in [0.15, 0.2) is 5.13 Å². The predicted octanol–water partition coefficient (Wildman–Crippen LogP) is 2.54. The number of carboxylic acids is 1. The Kier molecular flexibility index (Phi) is 3.99. The van der Waals surface area contributed by atoms with E-state index in [9.17, 15) is 4.79 Å². The normalized spacial score (nSPS) is 20.5. The summed E-state index contributed by atoms with van der Waals surface area (Å²) in [7, 11) is 0. The molecule has 0 saturated carbocycles. The number of anilines is 1. The maximum atomic E-state index is 10.5. The molecule has 1 N–H and O–H groups in total. The van der Waals surface area contributed by atoms with Gasteiger partial charge >= 0.3 is 5.97 Å². The standard InChI is InChI=1S/C12H18N2O2S/c1-9-4-2-3-7-14(9)12-13-10(8-17-12)5-6-11(15)16/h8-9H,2-7H2,1H3,(H,15,16). The van der Waals surface area contributed by atoms with Gasteiger partial charge in [0.25, 0.3) is 0 Å². The van der Waals surface area contributed by atoms with Crippen molar-refractivity contribution in [3.8, 4) is 0 Å². The molecule has 1 atom stereocenters. The van der Waals surface area contributed by atoms with Gasteiger partial charge in [0, 0.05) is 24.4 Å². The zero-order chi connectivity index (χ0) is 12.3. The molecular formula is C12H18N2O2S. The van der Waals surface area contributed by atoms with Gasteiger partial charge in [-0.2, -0.15) is 0 Å².